The smallest absolute Gasteiger partial charge is 0.360 e. The molecule has 28 heavy (non-hydrogen) atoms. The van der Waals surface area contributed by atoms with Gasteiger partial charge in [-0.3, -0.25) is 0 Å². The summed E-state index contributed by atoms with van der Waals surface area (Å²) < 4.78 is 13.5. The van der Waals surface area contributed by atoms with E-state index in [9.17, 15) is 4.79 Å². The van der Waals surface area contributed by atoms with Gasteiger partial charge in [-0.25, -0.2) is 4.79 Å². The minimum Gasteiger partial charge on any atom is -0.466 e. The van der Waals surface area contributed by atoms with Crippen molar-refractivity contribution in [3.05, 3.63) is 82.8 Å². The van der Waals surface area contributed by atoms with Gasteiger partial charge in [0.25, 0.3) is 0 Å². The Labute approximate surface area is 171 Å². The van der Waals surface area contributed by atoms with Crippen molar-refractivity contribution >= 4 is 43.4 Å². The van der Waals surface area contributed by atoms with Gasteiger partial charge >= 0.3 is 5.97 Å². The molecule has 4 heteroatoms. The van der Waals surface area contributed by atoms with Gasteiger partial charge in [-0.1, -0.05) is 83.5 Å². The third-order valence-corrected chi connectivity index (χ3v) is 5.98. The predicted octanol–water partition coefficient (Wildman–Crippen LogP) is 6.36. The van der Waals surface area contributed by atoms with E-state index in [2.05, 4.69) is 22.0 Å². The summed E-state index contributed by atoms with van der Waals surface area (Å²) >= 11 is 3.45. The lowest BCUT2D eigenvalue weighted by Crippen LogP contribution is -2.46. The molecule has 0 saturated carbocycles. The number of fused-ring (bicyclic) bond motifs is 6. The highest BCUT2D eigenvalue weighted by molar-refractivity contribution is 9.10. The third-order valence-electron chi connectivity index (χ3n) is 5.45. The Bertz CT molecular complexity index is 1230. The molecule has 1 aliphatic heterocycles. The largest absolute Gasteiger partial charge is 0.466 e. The van der Waals surface area contributed by atoms with E-state index < -0.39 is 5.60 Å². The van der Waals surface area contributed by atoms with Crippen molar-refractivity contribution in [3.63, 3.8) is 0 Å². The minimum atomic E-state index is -1.17. The molecule has 138 valence electrons. The Hall–Kier alpha value is -2.85. The molecule has 0 amide bonds. The molecule has 0 bridgehead atoms. The van der Waals surface area contributed by atoms with E-state index in [1.165, 1.54) is 0 Å². The van der Waals surface area contributed by atoms with E-state index in [1.807, 2.05) is 73.7 Å². The molecule has 4 aromatic carbocycles. The van der Waals surface area contributed by atoms with Crippen LogP contribution in [-0.2, 0) is 10.4 Å². The summed E-state index contributed by atoms with van der Waals surface area (Å²) in [4.78, 5) is 13.2. The van der Waals surface area contributed by atoms with Gasteiger partial charge in [0.05, 0.1) is 0 Å². The van der Waals surface area contributed by atoms with Crippen LogP contribution in [0.2, 0.25) is 0 Å². The lowest BCUT2D eigenvalue weighted by Gasteiger charge is -2.37. The van der Waals surface area contributed by atoms with Crippen molar-refractivity contribution in [1.82, 2.24) is 0 Å². The molecule has 5 rings (SSSR count). The van der Waals surface area contributed by atoms with Crippen LogP contribution in [0.25, 0.3) is 21.5 Å². The number of rotatable bonds is 2. The van der Waals surface area contributed by atoms with Crippen LogP contribution >= 0.6 is 15.9 Å². The Morgan fingerprint density at radius 1 is 0.786 bits per heavy atom. The van der Waals surface area contributed by atoms with E-state index in [0.29, 0.717) is 17.9 Å². The predicted molar refractivity (Wildman–Crippen MR) is 114 cm³/mol. The Morgan fingerprint density at radius 3 is 1.89 bits per heavy atom. The van der Waals surface area contributed by atoms with Gasteiger partial charge in [0.1, 0.15) is 0 Å². The Balaban J connectivity index is 1.82. The molecule has 1 heterocycles. The normalized spacial score (nSPS) is 18.6. The maximum atomic E-state index is 13.2. The molecule has 0 spiro atoms. The maximum absolute atomic E-state index is 13.2. The molecule has 0 N–H and O–H groups in total. The van der Waals surface area contributed by atoms with E-state index in [0.717, 1.165) is 31.6 Å². The third kappa shape index (κ3) is 2.38. The molecule has 0 unspecified atom stereocenters. The van der Waals surface area contributed by atoms with Crippen LogP contribution in [0, 0.1) is 0 Å². The molecule has 0 radical (unpaired) electrons. The van der Waals surface area contributed by atoms with E-state index >= 15 is 0 Å². The van der Waals surface area contributed by atoms with Gasteiger partial charge < -0.3 is 9.47 Å². The molecule has 0 aromatic heterocycles. The first kappa shape index (κ1) is 17.3. The second-order valence-electron chi connectivity index (χ2n) is 6.93. The lowest BCUT2D eigenvalue weighted by molar-refractivity contribution is -0.157. The van der Waals surface area contributed by atoms with Crippen LogP contribution in [0.3, 0.4) is 0 Å². The molecule has 1 aliphatic rings. The lowest BCUT2D eigenvalue weighted by atomic mass is 9.89. The van der Waals surface area contributed by atoms with Crippen LogP contribution in [-0.4, -0.2) is 5.97 Å². The van der Waals surface area contributed by atoms with E-state index in [4.69, 9.17) is 9.47 Å². The zero-order chi connectivity index (χ0) is 19.3. The highest BCUT2D eigenvalue weighted by Crippen LogP contribution is 2.50. The van der Waals surface area contributed by atoms with Gasteiger partial charge in [-0.15, -0.1) is 0 Å². The molecule has 3 nitrogen and oxygen atoms in total. The molecule has 0 fully saturated rings. The standard InChI is InChI=1S/C24H17BrO3/c1-2-24(15-11-13-16(25)14-12-15)23(26)27-21-19-9-5-3-7-17(19)18-8-4-6-10-20(18)22(21)28-24/h3-14H,2H2,1H3/t24-/m1/s1. The molecular formula is C24H17BrO3. The van der Waals surface area contributed by atoms with Crippen LogP contribution in [0.1, 0.15) is 18.9 Å². The first-order chi connectivity index (χ1) is 13.6. The topological polar surface area (TPSA) is 35.5 Å². The van der Waals surface area contributed by atoms with Gasteiger partial charge in [0, 0.05) is 20.8 Å². The van der Waals surface area contributed by atoms with Crippen LogP contribution in [0.15, 0.2) is 77.3 Å². The summed E-state index contributed by atoms with van der Waals surface area (Å²) in [7, 11) is 0. The average molecular weight is 433 g/mol. The van der Waals surface area contributed by atoms with Crippen molar-refractivity contribution in [1.29, 1.82) is 0 Å². The zero-order valence-corrected chi connectivity index (χ0v) is 16.8. The van der Waals surface area contributed by atoms with Crippen molar-refractivity contribution < 1.29 is 14.3 Å². The van der Waals surface area contributed by atoms with Gasteiger partial charge in [-0.05, 0) is 29.3 Å². The number of carbonyl (C=O) groups is 1. The first-order valence-electron chi connectivity index (χ1n) is 9.25. The summed E-state index contributed by atoms with van der Waals surface area (Å²) in [5, 5.41) is 3.94. The number of benzene rings is 4. The quantitative estimate of drug-likeness (QED) is 0.210. The van der Waals surface area contributed by atoms with Gasteiger partial charge in [0.15, 0.2) is 11.5 Å². The zero-order valence-electron chi connectivity index (χ0n) is 15.2. The molecule has 0 saturated heterocycles. The molecular weight excluding hydrogens is 416 g/mol. The van der Waals surface area contributed by atoms with Crippen molar-refractivity contribution in [2.75, 3.05) is 0 Å². The number of carbonyl (C=O) groups excluding carboxylic acids is 1. The average Bonchev–Trinajstić information content (AvgIpc) is 2.74. The Morgan fingerprint density at radius 2 is 1.32 bits per heavy atom. The summed E-state index contributed by atoms with van der Waals surface area (Å²) in [6.45, 7) is 1.94. The fourth-order valence-corrected chi connectivity index (χ4v) is 4.25. The van der Waals surface area contributed by atoms with Crippen molar-refractivity contribution in [3.8, 4) is 11.5 Å². The van der Waals surface area contributed by atoms with Crippen LogP contribution in [0.5, 0.6) is 11.5 Å². The molecule has 0 aliphatic carbocycles. The van der Waals surface area contributed by atoms with Crippen molar-refractivity contribution in [2.24, 2.45) is 0 Å². The number of ether oxygens (including phenoxy) is 2. The van der Waals surface area contributed by atoms with E-state index in [-0.39, 0.29) is 5.97 Å². The maximum Gasteiger partial charge on any atom is 0.360 e. The number of halogens is 1. The highest BCUT2D eigenvalue weighted by atomic mass is 79.9. The number of esters is 1. The van der Waals surface area contributed by atoms with E-state index in [1.54, 1.807) is 0 Å². The highest BCUT2D eigenvalue weighted by Gasteiger charge is 2.48. The first-order valence-corrected chi connectivity index (χ1v) is 10.0. The van der Waals surface area contributed by atoms with Crippen LogP contribution in [0.4, 0.5) is 0 Å². The Kier molecular flexibility index (Phi) is 3.91. The second kappa shape index (κ2) is 6.35. The summed E-state index contributed by atoms with van der Waals surface area (Å²) in [6, 6.07) is 23.7. The van der Waals surface area contributed by atoms with Crippen molar-refractivity contribution in [2.45, 2.75) is 18.9 Å². The SMILES string of the molecule is CC[C@]1(c2ccc(Br)cc2)Oc2c(c3ccccc3c3ccccc23)OC1=O. The minimum absolute atomic E-state index is 0.384. The van der Waals surface area contributed by atoms with Gasteiger partial charge in [0.2, 0.25) is 5.60 Å². The summed E-state index contributed by atoms with van der Waals surface area (Å²) in [5.74, 6) is 0.740. The molecule has 1 atom stereocenters. The summed E-state index contributed by atoms with van der Waals surface area (Å²) in [6.07, 6.45) is 0.466. The monoisotopic (exact) mass is 432 g/mol. The van der Waals surface area contributed by atoms with Crippen LogP contribution < -0.4 is 9.47 Å². The fourth-order valence-electron chi connectivity index (χ4n) is 3.99. The molecule has 4 aromatic rings. The number of hydrogen-bond donors (Lipinski definition) is 0. The number of hydrogen-bond acceptors (Lipinski definition) is 3. The second-order valence-corrected chi connectivity index (χ2v) is 7.84. The summed E-state index contributed by atoms with van der Waals surface area (Å²) in [5.41, 5.74) is -0.384. The van der Waals surface area contributed by atoms with Gasteiger partial charge in [-0.2, -0.15) is 0 Å². The fraction of sp³-hybridized carbons (Fsp3) is 0.125.